The minimum absolute atomic E-state index is 0.178. The maximum absolute atomic E-state index is 10.5. The van der Waals surface area contributed by atoms with Crippen LogP contribution in [-0.2, 0) is 6.54 Å². The zero-order chi connectivity index (χ0) is 18.1. The van der Waals surface area contributed by atoms with Gasteiger partial charge in [0.05, 0.1) is 12.2 Å². The number of rotatable bonds is 2. The van der Waals surface area contributed by atoms with Gasteiger partial charge in [0, 0.05) is 12.1 Å². The van der Waals surface area contributed by atoms with Gasteiger partial charge >= 0.3 is 0 Å². The monoisotopic (exact) mass is 347 g/mol. The molecule has 1 aromatic heterocycles. The summed E-state index contributed by atoms with van der Waals surface area (Å²) in [5.41, 5.74) is 5.10. The highest BCUT2D eigenvalue weighted by Gasteiger charge is 2.21. The molecule has 0 saturated heterocycles. The van der Waals surface area contributed by atoms with Crippen molar-refractivity contribution >= 4 is 5.82 Å². The summed E-state index contributed by atoms with van der Waals surface area (Å²) in [6.07, 6.45) is 0. The predicted octanol–water partition coefficient (Wildman–Crippen LogP) is 3.87. The van der Waals surface area contributed by atoms with Gasteiger partial charge in [0.25, 0.3) is 0 Å². The van der Waals surface area contributed by atoms with E-state index in [4.69, 9.17) is 4.74 Å². The zero-order valence-electron chi connectivity index (χ0n) is 14.9. The Morgan fingerprint density at radius 3 is 2.65 bits per heavy atom. The third kappa shape index (κ3) is 3.08. The van der Waals surface area contributed by atoms with Crippen LogP contribution in [0.4, 0.5) is 5.82 Å². The quantitative estimate of drug-likeness (QED) is 0.763. The third-order valence-electron chi connectivity index (χ3n) is 4.68. The summed E-state index contributed by atoms with van der Waals surface area (Å²) in [4.78, 5) is 2.12. The fraction of sp³-hybridized carbons (Fsp3) is 0.238. The average molecular weight is 347 g/mol. The number of aryl methyl sites for hydroxylation is 2. The van der Waals surface area contributed by atoms with Crippen molar-refractivity contribution < 1.29 is 9.84 Å². The van der Waals surface area contributed by atoms with Crippen molar-refractivity contribution in [3.63, 3.8) is 0 Å². The molecule has 1 aliphatic heterocycles. The van der Waals surface area contributed by atoms with Crippen LogP contribution in [-0.4, -0.2) is 28.5 Å². The fourth-order valence-corrected chi connectivity index (χ4v) is 3.31. The molecule has 0 radical (unpaired) electrons. The van der Waals surface area contributed by atoms with Crippen LogP contribution in [0.25, 0.3) is 11.1 Å². The van der Waals surface area contributed by atoms with E-state index in [9.17, 15) is 5.11 Å². The molecule has 2 aromatic carbocycles. The van der Waals surface area contributed by atoms with E-state index in [0.29, 0.717) is 25.4 Å². The molecule has 5 heteroatoms. The molecule has 5 nitrogen and oxygen atoms in total. The van der Waals surface area contributed by atoms with Gasteiger partial charge in [-0.2, -0.15) is 5.10 Å². The third-order valence-corrected chi connectivity index (χ3v) is 4.68. The molecule has 0 bridgehead atoms. The molecule has 1 N–H and O–H groups in total. The molecule has 0 spiro atoms. The van der Waals surface area contributed by atoms with Crippen LogP contribution in [0, 0.1) is 13.8 Å². The Kier molecular flexibility index (Phi) is 4.21. The van der Waals surface area contributed by atoms with E-state index in [1.54, 1.807) is 6.07 Å². The van der Waals surface area contributed by atoms with Crippen molar-refractivity contribution in [2.24, 2.45) is 0 Å². The minimum Gasteiger partial charge on any atom is -0.504 e. The predicted molar refractivity (Wildman–Crippen MR) is 102 cm³/mol. The van der Waals surface area contributed by atoms with Gasteiger partial charge in [-0.15, -0.1) is 5.10 Å². The largest absolute Gasteiger partial charge is 0.504 e. The molecule has 0 saturated carbocycles. The Hall–Kier alpha value is -3.08. The van der Waals surface area contributed by atoms with Gasteiger partial charge in [-0.05, 0) is 54.8 Å². The highest BCUT2D eigenvalue weighted by atomic mass is 16.5. The van der Waals surface area contributed by atoms with Crippen molar-refractivity contribution in [3.8, 4) is 22.6 Å². The molecule has 132 valence electrons. The normalized spacial score (nSPS) is 13.7. The number of phenols is 1. The summed E-state index contributed by atoms with van der Waals surface area (Å²) < 4.78 is 5.84. The van der Waals surface area contributed by atoms with Crippen LogP contribution in [0.3, 0.4) is 0 Å². The summed E-state index contributed by atoms with van der Waals surface area (Å²) in [5, 5.41) is 19.0. The Bertz CT molecular complexity index is 938. The first-order valence-corrected chi connectivity index (χ1v) is 8.72. The van der Waals surface area contributed by atoms with E-state index in [2.05, 4.69) is 40.2 Å². The minimum atomic E-state index is 0.178. The lowest BCUT2D eigenvalue weighted by molar-refractivity contribution is 0.311. The van der Waals surface area contributed by atoms with Crippen molar-refractivity contribution in [3.05, 3.63) is 65.4 Å². The van der Waals surface area contributed by atoms with Gasteiger partial charge in [0.1, 0.15) is 6.61 Å². The van der Waals surface area contributed by atoms with E-state index in [1.165, 1.54) is 5.56 Å². The van der Waals surface area contributed by atoms with Crippen LogP contribution >= 0.6 is 0 Å². The SMILES string of the molecule is Cc1ccc(N2CCOc3c(O)cc(-c4ccccc4C)cc3C2)nn1. The molecule has 2 heterocycles. The van der Waals surface area contributed by atoms with E-state index in [-0.39, 0.29) is 5.75 Å². The lowest BCUT2D eigenvalue weighted by atomic mass is 9.98. The van der Waals surface area contributed by atoms with Gasteiger partial charge < -0.3 is 14.7 Å². The average Bonchev–Trinajstić information content (AvgIpc) is 2.85. The number of hydrogen-bond donors (Lipinski definition) is 1. The maximum Gasteiger partial charge on any atom is 0.166 e. The van der Waals surface area contributed by atoms with Crippen molar-refractivity contribution in [2.75, 3.05) is 18.1 Å². The first-order valence-electron chi connectivity index (χ1n) is 8.72. The molecule has 0 atom stereocenters. The molecule has 0 amide bonds. The van der Waals surface area contributed by atoms with Gasteiger partial charge in [-0.25, -0.2) is 0 Å². The van der Waals surface area contributed by atoms with Crippen LogP contribution in [0.1, 0.15) is 16.8 Å². The van der Waals surface area contributed by atoms with Crippen molar-refractivity contribution in [1.82, 2.24) is 10.2 Å². The number of phenolic OH excluding ortho intramolecular Hbond substituents is 1. The highest BCUT2D eigenvalue weighted by Crippen LogP contribution is 2.38. The number of aromatic nitrogens is 2. The molecule has 0 unspecified atom stereocenters. The van der Waals surface area contributed by atoms with E-state index in [1.807, 2.05) is 31.2 Å². The number of fused-ring (bicyclic) bond motifs is 1. The van der Waals surface area contributed by atoms with E-state index in [0.717, 1.165) is 28.2 Å². The summed E-state index contributed by atoms with van der Waals surface area (Å²) in [5.74, 6) is 1.55. The van der Waals surface area contributed by atoms with Crippen LogP contribution in [0.5, 0.6) is 11.5 Å². The second-order valence-corrected chi connectivity index (χ2v) is 6.60. The molecule has 4 rings (SSSR count). The van der Waals surface area contributed by atoms with Gasteiger partial charge in [-0.1, -0.05) is 24.3 Å². The van der Waals surface area contributed by atoms with Crippen molar-refractivity contribution in [1.29, 1.82) is 0 Å². The lowest BCUT2D eigenvalue weighted by Crippen LogP contribution is -2.26. The van der Waals surface area contributed by atoms with Crippen molar-refractivity contribution in [2.45, 2.75) is 20.4 Å². The summed E-state index contributed by atoms with van der Waals surface area (Å²) in [6, 6.07) is 16.0. The van der Waals surface area contributed by atoms with E-state index < -0.39 is 0 Å². The summed E-state index contributed by atoms with van der Waals surface area (Å²) in [7, 11) is 0. The van der Waals surface area contributed by atoms with Gasteiger partial charge in [-0.3, -0.25) is 0 Å². The number of benzene rings is 2. The Labute approximate surface area is 152 Å². The van der Waals surface area contributed by atoms with Gasteiger partial charge in [0.2, 0.25) is 0 Å². The topological polar surface area (TPSA) is 58.5 Å². The number of aromatic hydroxyl groups is 1. The second-order valence-electron chi connectivity index (χ2n) is 6.60. The first kappa shape index (κ1) is 16.4. The summed E-state index contributed by atoms with van der Waals surface area (Å²) in [6.45, 7) is 5.78. The maximum atomic E-state index is 10.5. The Morgan fingerprint density at radius 2 is 1.88 bits per heavy atom. The first-order chi connectivity index (χ1) is 12.6. The molecule has 0 aliphatic carbocycles. The molecular weight excluding hydrogens is 326 g/mol. The molecule has 1 aliphatic rings. The smallest absolute Gasteiger partial charge is 0.166 e. The lowest BCUT2D eigenvalue weighted by Gasteiger charge is -2.20. The molecule has 26 heavy (non-hydrogen) atoms. The van der Waals surface area contributed by atoms with Crippen LogP contribution in [0.2, 0.25) is 0 Å². The van der Waals surface area contributed by atoms with Crippen LogP contribution in [0.15, 0.2) is 48.5 Å². The summed E-state index contributed by atoms with van der Waals surface area (Å²) >= 11 is 0. The number of anilines is 1. The fourth-order valence-electron chi connectivity index (χ4n) is 3.31. The molecular formula is C21H21N3O2. The molecule has 3 aromatic rings. The highest BCUT2D eigenvalue weighted by molar-refractivity contribution is 5.72. The Balaban J connectivity index is 1.74. The zero-order valence-corrected chi connectivity index (χ0v) is 14.9. The second kappa shape index (κ2) is 6.67. The number of nitrogens with zero attached hydrogens (tertiary/aromatic N) is 3. The van der Waals surface area contributed by atoms with Gasteiger partial charge in [0.15, 0.2) is 17.3 Å². The van der Waals surface area contributed by atoms with Crippen LogP contribution < -0.4 is 9.64 Å². The van der Waals surface area contributed by atoms with E-state index >= 15 is 0 Å². The molecule has 0 fully saturated rings. The number of ether oxygens (including phenoxy) is 1. The Morgan fingerprint density at radius 1 is 1.04 bits per heavy atom. The standard InChI is InChI=1S/C21H21N3O2/c1-14-5-3-4-6-18(14)16-11-17-13-24(20-8-7-15(2)22-23-20)9-10-26-21(17)19(25)12-16/h3-8,11-12,25H,9-10,13H2,1-2H3. The number of hydrogen-bond acceptors (Lipinski definition) is 5.